The highest BCUT2D eigenvalue weighted by molar-refractivity contribution is 7.92. The Kier molecular flexibility index (Phi) is 7.15. The maximum absolute atomic E-state index is 13.0. The van der Waals surface area contributed by atoms with Crippen LogP contribution < -0.4 is 14.8 Å². The lowest BCUT2D eigenvalue weighted by atomic mass is 10.1. The summed E-state index contributed by atoms with van der Waals surface area (Å²) in [5.74, 6) is -0.291. The van der Waals surface area contributed by atoms with Crippen molar-refractivity contribution in [2.45, 2.75) is 25.7 Å². The molecule has 0 saturated heterocycles. The number of aryl methyl sites for hydroxylation is 3. The van der Waals surface area contributed by atoms with Crippen molar-refractivity contribution in [1.82, 2.24) is 5.32 Å². The number of rotatable bonds is 8. The monoisotopic (exact) mass is 456 g/mol. The van der Waals surface area contributed by atoms with Crippen molar-refractivity contribution >= 4 is 21.6 Å². The third-order valence-electron chi connectivity index (χ3n) is 4.84. The Labute approximate surface area is 187 Å². The summed E-state index contributed by atoms with van der Waals surface area (Å²) in [5, 5.41) is 2.69. The number of hydrogen-bond acceptors (Lipinski definition) is 4. The molecule has 0 bridgehead atoms. The van der Waals surface area contributed by atoms with Gasteiger partial charge in [-0.15, -0.1) is 0 Å². The third-order valence-corrected chi connectivity index (χ3v) is 6.34. The average Bonchev–Trinajstić information content (AvgIpc) is 2.74. The van der Waals surface area contributed by atoms with Crippen LogP contribution in [0.1, 0.15) is 27.0 Å². The molecule has 3 aromatic rings. The Morgan fingerprint density at radius 1 is 0.938 bits per heavy atom. The van der Waals surface area contributed by atoms with Crippen LogP contribution in [0.4, 0.5) is 10.1 Å². The van der Waals surface area contributed by atoms with Gasteiger partial charge in [-0.2, -0.15) is 0 Å². The molecule has 0 unspecified atom stereocenters. The summed E-state index contributed by atoms with van der Waals surface area (Å²) in [5.41, 5.74) is 3.07. The standard InChI is InChI=1S/C24H25FN2O4S/c1-16-4-11-22(18(3)14-16)27-32(29,30)23-15-19(6-5-17(23)2)24(28)26-12-13-31-21-9-7-20(25)8-10-21/h4-11,14-15,27H,12-13H2,1-3H3,(H,26,28). The highest BCUT2D eigenvalue weighted by Gasteiger charge is 2.20. The van der Waals surface area contributed by atoms with E-state index in [4.69, 9.17) is 4.74 Å². The van der Waals surface area contributed by atoms with Gasteiger partial charge in [0.1, 0.15) is 18.2 Å². The quantitative estimate of drug-likeness (QED) is 0.493. The zero-order valence-electron chi connectivity index (χ0n) is 18.1. The summed E-state index contributed by atoms with van der Waals surface area (Å²) in [7, 11) is -3.89. The first kappa shape index (κ1) is 23.3. The Morgan fingerprint density at radius 2 is 1.66 bits per heavy atom. The van der Waals surface area contributed by atoms with E-state index in [9.17, 15) is 17.6 Å². The van der Waals surface area contributed by atoms with E-state index in [1.165, 1.54) is 30.3 Å². The number of amides is 1. The van der Waals surface area contributed by atoms with Crippen molar-refractivity contribution in [3.05, 3.63) is 88.7 Å². The van der Waals surface area contributed by atoms with Gasteiger partial charge < -0.3 is 10.1 Å². The van der Waals surface area contributed by atoms with Crippen molar-refractivity contribution in [1.29, 1.82) is 0 Å². The van der Waals surface area contributed by atoms with E-state index in [1.807, 2.05) is 26.0 Å². The van der Waals surface area contributed by atoms with Gasteiger partial charge in [0.15, 0.2) is 0 Å². The topological polar surface area (TPSA) is 84.5 Å². The van der Waals surface area contributed by atoms with Gasteiger partial charge in [0.05, 0.1) is 17.1 Å². The summed E-state index contributed by atoms with van der Waals surface area (Å²) in [4.78, 5) is 12.5. The molecule has 0 spiro atoms. The Bertz CT molecular complexity index is 1230. The summed E-state index contributed by atoms with van der Waals surface area (Å²) in [6.45, 7) is 5.82. The smallest absolute Gasteiger partial charge is 0.262 e. The molecule has 2 N–H and O–H groups in total. The first-order chi connectivity index (χ1) is 15.2. The number of hydrogen-bond donors (Lipinski definition) is 2. The van der Waals surface area contributed by atoms with Gasteiger partial charge in [-0.25, -0.2) is 12.8 Å². The second kappa shape index (κ2) is 9.82. The molecule has 0 aromatic heterocycles. The second-order valence-corrected chi connectivity index (χ2v) is 9.11. The largest absolute Gasteiger partial charge is 0.492 e. The lowest BCUT2D eigenvalue weighted by Gasteiger charge is -2.14. The number of ether oxygens (including phenoxy) is 1. The summed E-state index contributed by atoms with van der Waals surface area (Å²) >= 11 is 0. The molecular weight excluding hydrogens is 431 g/mol. The first-order valence-corrected chi connectivity index (χ1v) is 11.5. The number of anilines is 1. The summed E-state index contributed by atoms with van der Waals surface area (Å²) in [6, 6.07) is 15.5. The molecule has 0 saturated carbocycles. The van der Waals surface area contributed by atoms with Gasteiger partial charge in [0, 0.05) is 5.56 Å². The van der Waals surface area contributed by atoms with E-state index in [-0.39, 0.29) is 29.4 Å². The van der Waals surface area contributed by atoms with Crippen LogP contribution in [-0.4, -0.2) is 27.5 Å². The zero-order valence-corrected chi connectivity index (χ0v) is 18.9. The molecule has 6 nitrogen and oxygen atoms in total. The van der Waals surface area contributed by atoms with Crippen molar-refractivity contribution in [2.24, 2.45) is 0 Å². The van der Waals surface area contributed by atoms with Crippen molar-refractivity contribution in [2.75, 3.05) is 17.9 Å². The van der Waals surface area contributed by atoms with Gasteiger partial charge in [-0.3, -0.25) is 9.52 Å². The van der Waals surface area contributed by atoms with Crippen LogP contribution >= 0.6 is 0 Å². The second-order valence-electron chi connectivity index (χ2n) is 7.46. The van der Waals surface area contributed by atoms with Crippen LogP contribution in [0, 0.1) is 26.6 Å². The molecule has 3 aromatic carbocycles. The van der Waals surface area contributed by atoms with Crippen molar-refractivity contribution in [3.8, 4) is 5.75 Å². The van der Waals surface area contributed by atoms with Gasteiger partial charge >= 0.3 is 0 Å². The fraction of sp³-hybridized carbons (Fsp3) is 0.208. The minimum absolute atomic E-state index is 0.0349. The maximum atomic E-state index is 13.0. The average molecular weight is 457 g/mol. The molecule has 0 radical (unpaired) electrons. The van der Waals surface area contributed by atoms with Crippen LogP contribution in [0.2, 0.25) is 0 Å². The number of nitrogens with one attached hydrogen (secondary N) is 2. The minimum atomic E-state index is -3.89. The summed E-state index contributed by atoms with van der Waals surface area (Å²) < 4.78 is 46.9. The maximum Gasteiger partial charge on any atom is 0.262 e. The van der Waals surface area contributed by atoms with Crippen LogP contribution in [0.3, 0.4) is 0 Å². The van der Waals surface area contributed by atoms with Crippen molar-refractivity contribution < 1.29 is 22.3 Å². The molecule has 0 fully saturated rings. The molecule has 0 heterocycles. The molecule has 0 atom stereocenters. The highest BCUT2D eigenvalue weighted by atomic mass is 32.2. The normalized spacial score (nSPS) is 11.1. The fourth-order valence-corrected chi connectivity index (χ4v) is 4.53. The predicted molar refractivity (Wildman–Crippen MR) is 122 cm³/mol. The van der Waals surface area contributed by atoms with E-state index in [0.29, 0.717) is 17.0 Å². The van der Waals surface area contributed by atoms with E-state index < -0.39 is 15.9 Å². The Hall–Kier alpha value is -3.39. The van der Waals surface area contributed by atoms with E-state index in [0.717, 1.165) is 11.1 Å². The molecule has 0 aliphatic heterocycles. The summed E-state index contributed by atoms with van der Waals surface area (Å²) in [6.07, 6.45) is 0. The van der Waals surface area contributed by atoms with Gasteiger partial charge in [0.25, 0.3) is 15.9 Å². The number of benzene rings is 3. The van der Waals surface area contributed by atoms with Crippen molar-refractivity contribution in [3.63, 3.8) is 0 Å². The third kappa shape index (κ3) is 5.85. The number of halogens is 1. The molecule has 32 heavy (non-hydrogen) atoms. The SMILES string of the molecule is Cc1ccc(NS(=O)(=O)c2cc(C(=O)NCCOc3ccc(F)cc3)ccc2C)c(C)c1. The molecular formula is C24H25FN2O4S. The number of sulfonamides is 1. The number of carbonyl (C=O) groups is 1. The predicted octanol–water partition coefficient (Wildman–Crippen LogP) is 4.36. The molecule has 0 aliphatic rings. The van der Waals surface area contributed by atoms with E-state index in [2.05, 4.69) is 10.0 Å². The van der Waals surface area contributed by atoms with Gasteiger partial charge in [0.2, 0.25) is 0 Å². The van der Waals surface area contributed by atoms with Crippen LogP contribution in [0.15, 0.2) is 65.6 Å². The highest BCUT2D eigenvalue weighted by Crippen LogP contribution is 2.23. The minimum Gasteiger partial charge on any atom is -0.492 e. The molecule has 1 amide bonds. The molecule has 3 rings (SSSR count). The van der Waals surface area contributed by atoms with Gasteiger partial charge in [-0.1, -0.05) is 23.8 Å². The fourth-order valence-electron chi connectivity index (χ4n) is 3.13. The lowest BCUT2D eigenvalue weighted by Crippen LogP contribution is -2.28. The molecule has 0 aliphatic carbocycles. The Morgan fingerprint density at radius 3 is 2.34 bits per heavy atom. The Balaban J connectivity index is 1.67. The zero-order chi connectivity index (χ0) is 23.3. The number of carbonyl (C=O) groups excluding carboxylic acids is 1. The first-order valence-electron chi connectivity index (χ1n) is 10.0. The lowest BCUT2D eigenvalue weighted by molar-refractivity contribution is 0.0946. The van der Waals surface area contributed by atoms with Crippen LogP contribution in [0.25, 0.3) is 0 Å². The van der Waals surface area contributed by atoms with Gasteiger partial charge in [-0.05, 0) is 74.4 Å². The van der Waals surface area contributed by atoms with E-state index >= 15 is 0 Å². The van der Waals surface area contributed by atoms with E-state index in [1.54, 1.807) is 25.1 Å². The molecule has 8 heteroatoms. The molecule has 168 valence electrons. The van der Waals surface area contributed by atoms with Crippen LogP contribution in [-0.2, 0) is 10.0 Å². The van der Waals surface area contributed by atoms with Crippen LogP contribution in [0.5, 0.6) is 5.75 Å².